The van der Waals surface area contributed by atoms with Crippen molar-refractivity contribution >= 4 is 18.5 Å². The Labute approximate surface area is 200 Å². The SMILES string of the molecule is c1ccc(CNC(NC23CC4CC(CC(C4)C2)C3)P(c2ccccc2)c2ccccc2)cc1. The fourth-order valence-corrected chi connectivity index (χ4v) is 9.78. The van der Waals surface area contributed by atoms with E-state index in [0.717, 1.165) is 24.3 Å². The summed E-state index contributed by atoms with van der Waals surface area (Å²) >= 11 is 0. The van der Waals surface area contributed by atoms with Crippen LogP contribution in [0.1, 0.15) is 44.1 Å². The molecule has 3 aromatic carbocycles. The number of benzene rings is 3. The predicted molar refractivity (Wildman–Crippen MR) is 140 cm³/mol. The number of rotatable bonds is 8. The van der Waals surface area contributed by atoms with Crippen LogP contribution < -0.4 is 21.2 Å². The van der Waals surface area contributed by atoms with E-state index in [1.807, 2.05) is 0 Å². The van der Waals surface area contributed by atoms with Crippen molar-refractivity contribution in [3.8, 4) is 0 Å². The van der Waals surface area contributed by atoms with Crippen molar-refractivity contribution < 1.29 is 0 Å². The summed E-state index contributed by atoms with van der Waals surface area (Å²) < 4.78 is 0. The van der Waals surface area contributed by atoms with Crippen molar-refractivity contribution in [3.63, 3.8) is 0 Å². The molecule has 0 aromatic heterocycles. The average Bonchev–Trinajstić information content (AvgIpc) is 2.84. The van der Waals surface area contributed by atoms with Gasteiger partial charge in [-0.05, 0) is 80.4 Å². The molecule has 170 valence electrons. The fourth-order valence-electron chi connectivity index (χ4n) is 7.22. The molecule has 3 aromatic rings. The summed E-state index contributed by atoms with van der Waals surface area (Å²) in [5.41, 5.74) is 1.67. The van der Waals surface area contributed by atoms with Crippen LogP contribution in [0.25, 0.3) is 0 Å². The van der Waals surface area contributed by atoms with Crippen LogP contribution in [0.2, 0.25) is 0 Å². The predicted octanol–water partition coefficient (Wildman–Crippen LogP) is 5.75. The molecule has 3 heteroatoms. The highest BCUT2D eigenvalue weighted by atomic mass is 31.1. The van der Waals surface area contributed by atoms with Crippen LogP contribution in [0.5, 0.6) is 0 Å². The first-order chi connectivity index (χ1) is 16.3. The van der Waals surface area contributed by atoms with E-state index >= 15 is 0 Å². The van der Waals surface area contributed by atoms with E-state index in [1.165, 1.54) is 54.7 Å². The Morgan fingerprint density at radius 3 is 1.61 bits per heavy atom. The van der Waals surface area contributed by atoms with Gasteiger partial charge in [-0.1, -0.05) is 91.0 Å². The normalized spacial score (nSPS) is 28.8. The maximum Gasteiger partial charge on any atom is 0.0865 e. The third-order valence-corrected chi connectivity index (χ3v) is 10.7. The third kappa shape index (κ3) is 4.67. The first kappa shape index (κ1) is 21.5. The van der Waals surface area contributed by atoms with Gasteiger partial charge in [0.15, 0.2) is 0 Å². The maximum atomic E-state index is 4.35. The van der Waals surface area contributed by atoms with Gasteiger partial charge in [0.2, 0.25) is 0 Å². The van der Waals surface area contributed by atoms with Crippen molar-refractivity contribution in [1.82, 2.24) is 10.6 Å². The second-order valence-corrected chi connectivity index (χ2v) is 12.9. The molecule has 33 heavy (non-hydrogen) atoms. The van der Waals surface area contributed by atoms with Crippen LogP contribution in [-0.4, -0.2) is 11.4 Å². The molecule has 4 aliphatic carbocycles. The quantitative estimate of drug-likeness (QED) is 0.334. The molecule has 0 spiro atoms. The summed E-state index contributed by atoms with van der Waals surface area (Å²) in [5, 5.41) is 11.3. The summed E-state index contributed by atoms with van der Waals surface area (Å²) in [7, 11) is -0.585. The van der Waals surface area contributed by atoms with Crippen molar-refractivity contribution in [3.05, 3.63) is 96.6 Å². The third-order valence-electron chi connectivity index (χ3n) is 8.15. The van der Waals surface area contributed by atoms with Crippen LogP contribution >= 0.6 is 7.92 Å². The van der Waals surface area contributed by atoms with Crippen LogP contribution in [0.4, 0.5) is 0 Å². The Hall–Kier alpha value is -1.99. The fraction of sp³-hybridized carbons (Fsp3) is 0.400. The highest BCUT2D eigenvalue weighted by Crippen LogP contribution is 2.56. The molecule has 4 bridgehead atoms. The first-order valence-corrected chi connectivity index (χ1v) is 14.1. The molecule has 0 radical (unpaired) electrons. The number of hydrogen-bond donors (Lipinski definition) is 2. The van der Waals surface area contributed by atoms with Gasteiger partial charge in [-0.15, -0.1) is 0 Å². The molecule has 0 heterocycles. The van der Waals surface area contributed by atoms with E-state index in [2.05, 4.69) is 102 Å². The van der Waals surface area contributed by atoms with E-state index in [0.29, 0.717) is 5.54 Å². The Morgan fingerprint density at radius 1 is 0.667 bits per heavy atom. The van der Waals surface area contributed by atoms with Crippen LogP contribution in [0.3, 0.4) is 0 Å². The topological polar surface area (TPSA) is 24.1 Å². The minimum atomic E-state index is -0.585. The van der Waals surface area contributed by atoms with Gasteiger partial charge in [-0.2, -0.15) is 0 Å². The van der Waals surface area contributed by atoms with Crippen LogP contribution in [0, 0.1) is 17.8 Å². The minimum Gasteiger partial charge on any atom is -0.294 e. The molecular formula is C30H35N2P. The molecular weight excluding hydrogens is 419 g/mol. The Bertz CT molecular complexity index is 962. The van der Waals surface area contributed by atoms with Gasteiger partial charge in [0.05, 0.1) is 5.91 Å². The lowest BCUT2D eigenvalue weighted by atomic mass is 9.53. The number of nitrogens with one attached hydrogen (secondary N) is 2. The number of hydrogen-bond acceptors (Lipinski definition) is 2. The van der Waals surface area contributed by atoms with E-state index in [-0.39, 0.29) is 5.91 Å². The second kappa shape index (κ2) is 9.34. The zero-order chi connectivity index (χ0) is 22.1. The van der Waals surface area contributed by atoms with Gasteiger partial charge in [0.25, 0.3) is 0 Å². The van der Waals surface area contributed by atoms with Crippen molar-refractivity contribution in [2.45, 2.75) is 56.5 Å². The van der Waals surface area contributed by atoms with Gasteiger partial charge >= 0.3 is 0 Å². The summed E-state index contributed by atoms with van der Waals surface area (Å²) in [5.74, 6) is 3.08. The Kier molecular flexibility index (Phi) is 6.09. The summed E-state index contributed by atoms with van der Waals surface area (Å²) in [6, 6.07) is 33.3. The van der Waals surface area contributed by atoms with Crippen LogP contribution in [-0.2, 0) is 6.54 Å². The highest BCUT2D eigenvalue weighted by molar-refractivity contribution is 7.73. The van der Waals surface area contributed by atoms with E-state index < -0.39 is 7.92 Å². The Morgan fingerprint density at radius 2 is 1.12 bits per heavy atom. The molecule has 4 fully saturated rings. The first-order valence-electron chi connectivity index (χ1n) is 12.7. The molecule has 0 amide bonds. The van der Waals surface area contributed by atoms with Gasteiger partial charge in [-0.3, -0.25) is 10.6 Å². The zero-order valence-electron chi connectivity index (χ0n) is 19.4. The summed E-state index contributed by atoms with van der Waals surface area (Å²) in [6.07, 6.45) is 8.55. The zero-order valence-corrected chi connectivity index (χ0v) is 20.3. The van der Waals surface area contributed by atoms with Crippen molar-refractivity contribution in [2.24, 2.45) is 17.8 Å². The van der Waals surface area contributed by atoms with Gasteiger partial charge in [-0.25, -0.2) is 0 Å². The maximum absolute atomic E-state index is 4.35. The smallest absolute Gasteiger partial charge is 0.0865 e. The molecule has 2 nitrogen and oxygen atoms in total. The van der Waals surface area contributed by atoms with E-state index in [4.69, 9.17) is 0 Å². The standard InChI is InChI=1S/C30H35N2P/c1-4-10-23(11-5-1)22-31-29(32-30-19-24-16-25(20-30)18-26(17-24)21-30)33(27-12-6-2-7-13-27)28-14-8-3-9-15-28/h1-15,24-26,29,31-32H,16-22H2. The lowest BCUT2D eigenvalue weighted by molar-refractivity contribution is -0.0225. The Balaban J connectivity index is 1.35. The van der Waals surface area contributed by atoms with E-state index in [1.54, 1.807) is 0 Å². The molecule has 0 aliphatic heterocycles. The van der Waals surface area contributed by atoms with Gasteiger partial charge < -0.3 is 0 Å². The average molecular weight is 455 g/mol. The lowest BCUT2D eigenvalue weighted by Crippen LogP contribution is -2.63. The summed E-state index contributed by atoms with van der Waals surface area (Å²) in [4.78, 5) is 0. The van der Waals surface area contributed by atoms with E-state index in [9.17, 15) is 0 Å². The van der Waals surface area contributed by atoms with Crippen molar-refractivity contribution in [2.75, 3.05) is 0 Å². The largest absolute Gasteiger partial charge is 0.294 e. The molecule has 1 unspecified atom stereocenters. The summed E-state index contributed by atoms with van der Waals surface area (Å²) in [6.45, 7) is 0.892. The monoisotopic (exact) mass is 454 g/mol. The van der Waals surface area contributed by atoms with Crippen LogP contribution in [0.15, 0.2) is 91.0 Å². The van der Waals surface area contributed by atoms with Gasteiger partial charge in [0.1, 0.15) is 0 Å². The lowest BCUT2D eigenvalue weighted by Gasteiger charge is -2.58. The molecule has 4 saturated carbocycles. The molecule has 1 atom stereocenters. The molecule has 2 N–H and O–H groups in total. The highest BCUT2D eigenvalue weighted by Gasteiger charge is 2.51. The molecule has 7 rings (SSSR count). The second-order valence-electron chi connectivity index (χ2n) is 10.7. The minimum absolute atomic E-state index is 0.251. The molecule has 4 aliphatic rings. The molecule has 0 saturated heterocycles. The van der Waals surface area contributed by atoms with Gasteiger partial charge in [0, 0.05) is 12.1 Å². The van der Waals surface area contributed by atoms with Crippen molar-refractivity contribution in [1.29, 1.82) is 0 Å².